The maximum Gasteiger partial charge on any atom is 0.310 e. The van der Waals surface area contributed by atoms with Crippen LogP contribution in [0.4, 0.5) is 4.39 Å². The predicted molar refractivity (Wildman–Crippen MR) is 95.3 cm³/mol. The third-order valence-corrected chi connectivity index (χ3v) is 4.01. The molecule has 138 valence electrons. The van der Waals surface area contributed by atoms with Crippen molar-refractivity contribution in [1.82, 2.24) is 4.90 Å². The number of methoxy groups -OCH3 is 2. The van der Waals surface area contributed by atoms with E-state index in [2.05, 4.69) is 0 Å². The zero-order valence-corrected chi connectivity index (χ0v) is 15.1. The summed E-state index contributed by atoms with van der Waals surface area (Å²) in [5, 5.41) is 0. The molecular formula is C20H22FNO4. The number of nitrogens with zero attached hydrogens (tertiary/aromatic N) is 1. The fourth-order valence-corrected chi connectivity index (χ4v) is 2.55. The second-order valence-electron chi connectivity index (χ2n) is 5.96. The van der Waals surface area contributed by atoms with E-state index in [0.29, 0.717) is 11.3 Å². The van der Waals surface area contributed by atoms with Gasteiger partial charge in [-0.15, -0.1) is 0 Å². The number of amides is 1. The van der Waals surface area contributed by atoms with Crippen LogP contribution in [0.15, 0.2) is 48.5 Å². The van der Waals surface area contributed by atoms with E-state index >= 15 is 0 Å². The molecule has 0 saturated heterocycles. The van der Waals surface area contributed by atoms with Crippen LogP contribution in [-0.2, 0) is 16.1 Å². The number of carbonyl (C=O) groups excluding carboxylic acids is 2. The summed E-state index contributed by atoms with van der Waals surface area (Å²) in [6.07, 6.45) is 0. The van der Waals surface area contributed by atoms with Gasteiger partial charge in [0.25, 0.3) is 5.91 Å². The van der Waals surface area contributed by atoms with Crippen molar-refractivity contribution in [3.63, 3.8) is 0 Å². The topological polar surface area (TPSA) is 55.8 Å². The maximum atomic E-state index is 13.1. The lowest BCUT2D eigenvalue weighted by Gasteiger charge is -2.25. The largest absolute Gasteiger partial charge is 0.497 e. The van der Waals surface area contributed by atoms with Gasteiger partial charge in [-0.3, -0.25) is 9.59 Å². The molecule has 0 aliphatic rings. The second kappa shape index (κ2) is 8.99. The lowest BCUT2D eigenvalue weighted by Crippen LogP contribution is -2.36. The fraction of sp³-hybridized carbons (Fsp3) is 0.300. The molecule has 0 N–H and O–H groups in total. The summed E-state index contributed by atoms with van der Waals surface area (Å²) in [7, 11) is 2.87. The summed E-state index contributed by atoms with van der Waals surface area (Å²) in [5.74, 6) is -0.800. The summed E-state index contributed by atoms with van der Waals surface area (Å²) in [5.41, 5.74) is 1.25. The highest BCUT2D eigenvalue weighted by Gasteiger charge is 2.23. The standard InChI is InChI=1S/C20H22FNO4/c1-14(20(24)26-3)12-22(13-15-4-8-17(21)9-5-15)19(23)16-6-10-18(25-2)11-7-16/h4-11,14H,12-13H2,1-3H3. The van der Waals surface area contributed by atoms with Crippen LogP contribution in [-0.4, -0.2) is 37.5 Å². The number of hydrogen-bond acceptors (Lipinski definition) is 4. The molecule has 0 aliphatic carbocycles. The van der Waals surface area contributed by atoms with Crippen LogP contribution in [0.3, 0.4) is 0 Å². The van der Waals surface area contributed by atoms with Gasteiger partial charge in [-0.1, -0.05) is 19.1 Å². The highest BCUT2D eigenvalue weighted by Crippen LogP contribution is 2.17. The van der Waals surface area contributed by atoms with Crippen molar-refractivity contribution in [2.45, 2.75) is 13.5 Å². The molecule has 0 heterocycles. The van der Waals surface area contributed by atoms with Crippen molar-refractivity contribution >= 4 is 11.9 Å². The Balaban J connectivity index is 2.23. The number of ether oxygens (including phenoxy) is 2. The lowest BCUT2D eigenvalue weighted by molar-refractivity contribution is -0.145. The van der Waals surface area contributed by atoms with Gasteiger partial charge in [0.15, 0.2) is 0 Å². The van der Waals surface area contributed by atoms with E-state index < -0.39 is 11.9 Å². The molecule has 0 spiro atoms. The van der Waals surface area contributed by atoms with Crippen molar-refractivity contribution in [2.75, 3.05) is 20.8 Å². The summed E-state index contributed by atoms with van der Waals surface area (Å²) in [6, 6.07) is 12.7. The van der Waals surface area contributed by atoms with Gasteiger partial charge in [0.1, 0.15) is 11.6 Å². The van der Waals surface area contributed by atoms with Crippen LogP contribution in [0.25, 0.3) is 0 Å². The second-order valence-corrected chi connectivity index (χ2v) is 5.96. The number of carbonyl (C=O) groups is 2. The van der Waals surface area contributed by atoms with Crippen LogP contribution < -0.4 is 4.74 Å². The molecule has 0 aromatic heterocycles. The van der Waals surface area contributed by atoms with Gasteiger partial charge < -0.3 is 14.4 Å². The quantitative estimate of drug-likeness (QED) is 0.712. The predicted octanol–water partition coefficient (Wildman–Crippen LogP) is 3.29. The normalized spacial score (nSPS) is 11.5. The lowest BCUT2D eigenvalue weighted by atomic mass is 10.1. The molecule has 0 radical (unpaired) electrons. The highest BCUT2D eigenvalue weighted by molar-refractivity contribution is 5.94. The van der Waals surface area contributed by atoms with Crippen molar-refractivity contribution < 1.29 is 23.5 Å². The monoisotopic (exact) mass is 359 g/mol. The molecule has 26 heavy (non-hydrogen) atoms. The number of halogens is 1. The highest BCUT2D eigenvalue weighted by atomic mass is 19.1. The van der Waals surface area contributed by atoms with Crippen molar-refractivity contribution in [1.29, 1.82) is 0 Å². The van der Waals surface area contributed by atoms with Gasteiger partial charge >= 0.3 is 5.97 Å². The molecule has 5 nitrogen and oxygen atoms in total. The summed E-state index contributed by atoms with van der Waals surface area (Å²) >= 11 is 0. The summed E-state index contributed by atoms with van der Waals surface area (Å²) in [4.78, 5) is 26.2. The Hall–Kier alpha value is -2.89. The Morgan fingerprint density at radius 3 is 2.19 bits per heavy atom. The maximum absolute atomic E-state index is 13.1. The van der Waals surface area contributed by atoms with Crippen molar-refractivity contribution in [3.8, 4) is 5.75 Å². The fourth-order valence-electron chi connectivity index (χ4n) is 2.55. The molecule has 0 fully saturated rings. The van der Waals surface area contributed by atoms with Crippen LogP contribution in [0, 0.1) is 11.7 Å². The molecule has 0 bridgehead atoms. The minimum Gasteiger partial charge on any atom is -0.497 e. The molecule has 1 atom stereocenters. The number of rotatable bonds is 7. The minimum atomic E-state index is -0.484. The van der Waals surface area contributed by atoms with Gasteiger partial charge in [0.05, 0.1) is 20.1 Å². The van der Waals surface area contributed by atoms with Gasteiger partial charge in [-0.2, -0.15) is 0 Å². The van der Waals surface area contributed by atoms with E-state index in [-0.39, 0.29) is 24.8 Å². The van der Waals surface area contributed by atoms with E-state index in [1.54, 1.807) is 55.3 Å². The Kier molecular flexibility index (Phi) is 6.72. The first kappa shape index (κ1) is 19.4. The van der Waals surface area contributed by atoms with E-state index in [1.807, 2.05) is 0 Å². The average Bonchev–Trinajstić information content (AvgIpc) is 2.67. The molecule has 2 aromatic rings. The van der Waals surface area contributed by atoms with E-state index in [1.165, 1.54) is 19.2 Å². The number of esters is 1. The molecular weight excluding hydrogens is 337 g/mol. The number of hydrogen-bond donors (Lipinski definition) is 0. The van der Waals surface area contributed by atoms with Crippen molar-refractivity contribution in [2.24, 2.45) is 5.92 Å². The first-order valence-corrected chi connectivity index (χ1v) is 8.20. The Bertz CT molecular complexity index is 743. The summed E-state index contributed by atoms with van der Waals surface area (Å²) in [6.45, 7) is 2.15. The Morgan fingerprint density at radius 2 is 1.65 bits per heavy atom. The van der Waals surface area contributed by atoms with E-state index in [4.69, 9.17) is 9.47 Å². The van der Waals surface area contributed by atoms with Crippen LogP contribution in [0.1, 0.15) is 22.8 Å². The zero-order valence-electron chi connectivity index (χ0n) is 15.1. The number of benzene rings is 2. The van der Waals surface area contributed by atoms with Gasteiger partial charge in [0.2, 0.25) is 0 Å². The first-order valence-electron chi connectivity index (χ1n) is 8.20. The minimum absolute atomic E-state index is 0.189. The SMILES string of the molecule is COC(=O)C(C)CN(Cc1ccc(F)cc1)C(=O)c1ccc(OC)cc1. The molecule has 6 heteroatoms. The van der Waals surface area contributed by atoms with Crippen LogP contribution in [0.2, 0.25) is 0 Å². The van der Waals surface area contributed by atoms with Gasteiger partial charge in [0, 0.05) is 18.7 Å². The van der Waals surface area contributed by atoms with Gasteiger partial charge in [-0.05, 0) is 42.0 Å². The summed E-state index contributed by atoms with van der Waals surface area (Å²) < 4.78 is 23.0. The molecule has 1 amide bonds. The van der Waals surface area contributed by atoms with Gasteiger partial charge in [-0.25, -0.2) is 4.39 Å². The smallest absolute Gasteiger partial charge is 0.310 e. The van der Waals surface area contributed by atoms with E-state index in [9.17, 15) is 14.0 Å². The molecule has 0 saturated carbocycles. The molecule has 2 aromatic carbocycles. The Morgan fingerprint density at radius 1 is 1.04 bits per heavy atom. The third kappa shape index (κ3) is 5.05. The Labute approximate surface area is 152 Å². The van der Waals surface area contributed by atoms with E-state index in [0.717, 1.165) is 5.56 Å². The van der Waals surface area contributed by atoms with Crippen LogP contribution >= 0.6 is 0 Å². The first-order chi connectivity index (χ1) is 12.4. The van der Waals surface area contributed by atoms with Crippen molar-refractivity contribution in [3.05, 3.63) is 65.5 Å². The zero-order chi connectivity index (χ0) is 19.1. The third-order valence-electron chi connectivity index (χ3n) is 4.01. The average molecular weight is 359 g/mol. The molecule has 2 rings (SSSR count). The molecule has 0 aliphatic heterocycles. The van der Waals surface area contributed by atoms with Crippen LogP contribution in [0.5, 0.6) is 5.75 Å². The molecule has 1 unspecified atom stereocenters.